The predicted molar refractivity (Wildman–Crippen MR) is 110 cm³/mol. The van der Waals surface area contributed by atoms with Crippen molar-refractivity contribution in [2.75, 3.05) is 6.61 Å². The fourth-order valence-electron chi connectivity index (χ4n) is 2.74. The summed E-state index contributed by atoms with van der Waals surface area (Å²) < 4.78 is 5.11. The summed E-state index contributed by atoms with van der Waals surface area (Å²) in [7, 11) is 0. The van der Waals surface area contributed by atoms with E-state index in [4.69, 9.17) is 15.6 Å². The number of carboxylic acid groups (broad SMARTS) is 1. The number of hydrogen-bond donors (Lipinski definition) is 3. The van der Waals surface area contributed by atoms with Gasteiger partial charge in [0.05, 0.1) is 6.61 Å². The van der Waals surface area contributed by atoms with E-state index in [0.29, 0.717) is 19.4 Å². The lowest BCUT2D eigenvalue weighted by Crippen LogP contribution is -2.42. The maximum atomic E-state index is 11.4. The highest BCUT2D eigenvalue weighted by atomic mass is 16.5. The van der Waals surface area contributed by atoms with Gasteiger partial charge >= 0.3 is 11.9 Å². The summed E-state index contributed by atoms with van der Waals surface area (Å²) in [5, 5.41) is 10.6. The number of unbranched alkanes of at least 4 members (excludes halogenated alkanes) is 9. The van der Waals surface area contributed by atoms with Gasteiger partial charge in [-0.3, -0.25) is 9.59 Å². The van der Waals surface area contributed by atoms with Crippen LogP contribution < -0.4 is 11.1 Å². The lowest BCUT2D eigenvalue weighted by molar-refractivity contribution is -0.149. The molecule has 28 heavy (non-hydrogen) atoms. The number of esters is 1. The van der Waals surface area contributed by atoms with E-state index < -0.39 is 17.6 Å². The van der Waals surface area contributed by atoms with Crippen LogP contribution in [-0.2, 0) is 19.1 Å². The van der Waals surface area contributed by atoms with E-state index in [1.165, 1.54) is 51.4 Å². The van der Waals surface area contributed by atoms with E-state index in [1.807, 2.05) is 0 Å². The normalized spacial score (nSPS) is 16.1. The number of carboxylic acids is 1. The molecule has 7 heteroatoms. The Kier molecular flexibility index (Phi) is 14.4. The van der Waals surface area contributed by atoms with Crippen LogP contribution in [0.2, 0.25) is 0 Å². The highest BCUT2D eigenvalue weighted by Gasteiger charge is 2.26. The summed E-state index contributed by atoms with van der Waals surface area (Å²) in [6.45, 7) is 6.11. The topological polar surface area (TPSA) is 119 Å². The summed E-state index contributed by atoms with van der Waals surface area (Å²) in [6, 6.07) is -0.641. The van der Waals surface area contributed by atoms with Crippen molar-refractivity contribution in [2.24, 2.45) is 5.73 Å². The second kappa shape index (κ2) is 15.3. The molecule has 1 fully saturated rings. The molecule has 164 valence electrons. The molecule has 1 aliphatic rings. The molecule has 0 aromatic carbocycles. The first-order chi connectivity index (χ1) is 13.2. The van der Waals surface area contributed by atoms with Crippen molar-refractivity contribution in [3.05, 3.63) is 0 Å². The Hall–Kier alpha value is -1.63. The van der Waals surface area contributed by atoms with E-state index in [2.05, 4.69) is 12.2 Å². The first kappa shape index (κ1) is 26.4. The number of carbonyl (C=O) groups excluding carboxylic acids is 2. The van der Waals surface area contributed by atoms with Crippen molar-refractivity contribution in [2.45, 2.75) is 109 Å². The van der Waals surface area contributed by atoms with Crippen LogP contribution in [0.25, 0.3) is 0 Å². The summed E-state index contributed by atoms with van der Waals surface area (Å²) in [6.07, 6.45) is 13.6. The van der Waals surface area contributed by atoms with E-state index in [0.717, 1.165) is 12.8 Å². The van der Waals surface area contributed by atoms with Gasteiger partial charge in [-0.1, -0.05) is 64.7 Å². The molecule has 7 nitrogen and oxygen atoms in total. The number of nitrogens with two attached hydrogens (primary N) is 1. The van der Waals surface area contributed by atoms with Crippen LogP contribution in [0.1, 0.15) is 97.8 Å². The Morgan fingerprint density at radius 1 is 1.07 bits per heavy atom. The van der Waals surface area contributed by atoms with Gasteiger partial charge < -0.3 is 20.9 Å². The molecule has 1 amide bonds. The van der Waals surface area contributed by atoms with Crippen LogP contribution in [0.3, 0.4) is 0 Å². The summed E-state index contributed by atoms with van der Waals surface area (Å²) in [5.41, 5.74) is 4.77. The standard InChI is InChI=1S/C16H33NO2.C5H7NO3/c1-4-5-6-7-8-9-10-11-12-13-14-19-15(18)16(2,3)17;7-4-2-1-3(6-4)5(8)9/h4-14,17H2,1-3H3;3H,1-2H2,(H,6,7)(H,8,9)/t;3-/m.0/s1. The SMILES string of the molecule is CCCCCCCCCCCCOC(=O)C(C)(C)N.O=C1CC[C@@H](C(=O)O)N1. The average Bonchev–Trinajstić information content (AvgIpc) is 3.06. The maximum Gasteiger partial charge on any atom is 0.326 e. The van der Waals surface area contributed by atoms with Crippen molar-refractivity contribution in [1.82, 2.24) is 5.32 Å². The summed E-state index contributed by atoms with van der Waals surface area (Å²) in [5.74, 6) is -1.41. The second-order valence-corrected chi connectivity index (χ2v) is 8.04. The van der Waals surface area contributed by atoms with Crippen molar-refractivity contribution in [1.29, 1.82) is 0 Å². The Bertz CT molecular complexity index is 460. The quantitative estimate of drug-likeness (QED) is 0.321. The number of rotatable bonds is 13. The zero-order valence-corrected chi connectivity index (χ0v) is 17.9. The zero-order valence-electron chi connectivity index (χ0n) is 17.9. The molecular weight excluding hydrogens is 360 g/mol. The monoisotopic (exact) mass is 400 g/mol. The molecule has 1 rings (SSSR count). The Balaban J connectivity index is 0.000000668. The molecule has 4 N–H and O–H groups in total. The lowest BCUT2D eigenvalue weighted by atomic mass is 10.1. The van der Waals surface area contributed by atoms with E-state index in [-0.39, 0.29) is 11.9 Å². The highest BCUT2D eigenvalue weighted by molar-refractivity contribution is 5.87. The third-order valence-corrected chi connectivity index (χ3v) is 4.55. The molecular formula is C21H40N2O5. The fourth-order valence-corrected chi connectivity index (χ4v) is 2.74. The van der Waals surface area contributed by atoms with Gasteiger partial charge in [0, 0.05) is 6.42 Å². The van der Waals surface area contributed by atoms with Crippen LogP contribution in [0.5, 0.6) is 0 Å². The van der Waals surface area contributed by atoms with Crippen molar-refractivity contribution >= 4 is 17.8 Å². The van der Waals surface area contributed by atoms with Gasteiger partial charge in [0.1, 0.15) is 11.6 Å². The lowest BCUT2D eigenvalue weighted by Gasteiger charge is -2.16. The van der Waals surface area contributed by atoms with Crippen LogP contribution in [0.15, 0.2) is 0 Å². The number of carbonyl (C=O) groups is 3. The van der Waals surface area contributed by atoms with E-state index >= 15 is 0 Å². The molecule has 1 atom stereocenters. The minimum Gasteiger partial charge on any atom is -0.480 e. The first-order valence-corrected chi connectivity index (χ1v) is 10.7. The van der Waals surface area contributed by atoms with Gasteiger partial charge in [-0.25, -0.2) is 4.79 Å². The van der Waals surface area contributed by atoms with Crippen LogP contribution >= 0.6 is 0 Å². The second-order valence-electron chi connectivity index (χ2n) is 8.04. The number of amides is 1. The zero-order chi connectivity index (χ0) is 21.4. The number of aliphatic carboxylic acids is 1. The third-order valence-electron chi connectivity index (χ3n) is 4.55. The number of nitrogens with one attached hydrogen (secondary N) is 1. The number of ether oxygens (including phenoxy) is 1. The Morgan fingerprint density at radius 3 is 1.93 bits per heavy atom. The van der Waals surface area contributed by atoms with E-state index in [1.54, 1.807) is 13.8 Å². The smallest absolute Gasteiger partial charge is 0.326 e. The van der Waals surface area contributed by atoms with Gasteiger partial charge in [0.25, 0.3) is 0 Å². The third kappa shape index (κ3) is 14.4. The van der Waals surface area contributed by atoms with Gasteiger partial charge in [0.15, 0.2) is 0 Å². The van der Waals surface area contributed by atoms with Gasteiger partial charge in [-0.05, 0) is 26.7 Å². The van der Waals surface area contributed by atoms with Gasteiger partial charge in [-0.2, -0.15) is 0 Å². The first-order valence-electron chi connectivity index (χ1n) is 10.7. The molecule has 0 saturated carbocycles. The van der Waals surface area contributed by atoms with Crippen LogP contribution in [0.4, 0.5) is 0 Å². The molecule has 0 radical (unpaired) electrons. The molecule has 0 bridgehead atoms. The molecule has 0 aromatic heterocycles. The van der Waals surface area contributed by atoms with Crippen LogP contribution in [-0.4, -0.2) is 41.1 Å². The molecule has 0 unspecified atom stereocenters. The molecule has 0 spiro atoms. The predicted octanol–water partition coefficient (Wildman–Crippen LogP) is 3.54. The maximum absolute atomic E-state index is 11.4. The molecule has 0 aromatic rings. The van der Waals surface area contributed by atoms with E-state index in [9.17, 15) is 14.4 Å². The Morgan fingerprint density at radius 2 is 1.57 bits per heavy atom. The largest absolute Gasteiger partial charge is 0.480 e. The average molecular weight is 401 g/mol. The van der Waals surface area contributed by atoms with Crippen molar-refractivity contribution in [3.8, 4) is 0 Å². The van der Waals surface area contributed by atoms with Crippen molar-refractivity contribution < 1.29 is 24.2 Å². The summed E-state index contributed by atoms with van der Waals surface area (Å²) >= 11 is 0. The van der Waals surface area contributed by atoms with Crippen molar-refractivity contribution in [3.63, 3.8) is 0 Å². The minimum absolute atomic E-state index is 0.164. The number of hydrogen-bond acceptors (Lipinski definition) is 5. The molecule has 0 aliphatic carbocycles. The summed E-state index contributed by atoms with van der Waals surface area (Å²) in [4.78, 5) is 31.9. The molecule has 1 aliphatic heterocycles. The minimum atomic E-state index is -0.944. The molecule has 1 saturated heterocycles. The highest BCUT2D eigenvalue weighted by Crippen LogP contribution is 2.11. The van der Waals surface area contributed by atoms with Crippen LogP contribution in [0, 0.1) is 0 Å². The molecule has 1 heterocycles. The van der Waals surface area contributed by atoms with Gasteiger partial charge in [0.2, 0.25) is 5.91 Å². The Labute approximate surface area is 169 Å². The van der Waals surface area contributed by atoms with Gasteiger partial charge in [-0.15, -0.1) is 0 Å². The fraction of sp³-hybridized carbons (Fsp3) is 0.857.